The molecule has 0 saturated heterocycles. The van der Waals surface area contributed by atoms with Crippen molar-refractivity contribution >= 4 is 48.9 Å². The molecular weight excluding hydrogens is 396 g/mol. The van der Waals surface area contributed by atoms with Crippen molar-refractivity contribution in [2.24, 2.45) is 0 Å². The minimum atomic E-state index is -3.57. The smallest absolute Gasteiger partial charge is 0.244 e. The number of thiazole rings is 1. The highest BCUT2D eigenvalue weighted by Crippen LogP contribution is 2.27. The van der Waals surface area contributed by atoms with Crippen molar-refractivity contribution < 1.29 is 8.42 Å². The largest absolute Gasteiger partial charge is 0.250 e. The van der Waals surface area contributed by atoms with Crippen molar-refractivity contribution in [2.75, 3.05) is 7.05 Å². The molecule has 0 atom stereocenters. The van der Waals surface area contributed by atoms with Crippen LogP contribution in [0, 0.1) is 6.92 Å². The first-order chi connectivity index (χ1) is 9.86. The Labute approximate surface area is 141 Å². The number of hydrogen-bond acceptors (Lipinski definition) is 4. The standard InChI is InChI=1S/C13H14BrClN2O2S2/c1-9-12(20-8-16-9)7-17(2)21(18,19)13-4-3-10(6-15)5-11(13)14/h3-5,8H,6-7H2,1-2H3. The molecule has 21 heavy (non-hydrogen) atoms. The third kappa shape index (κ3) is 3.65. The number of rotatable bonds is 5. The van der Waals surface area contributed by atoms with E-state index in [9.17, 15) is 8.42 Å². The Morgan fingerprint density at radius 3 is 2.67 bits per heavy atom. The summed E-state index contributed by atoms with van der Waals surface area (Å²) in [6.45, 7) is 2.18. The second-order valence-corrected chi connectivity index (χ2v) is 8.59. The molecule has 0 N–H and O–H groups in total. The van der Waals surface area contributed by atoms with Crippen molar-refractivity contribution in [1.82, 2.24) is 9.29 Å². The van der Waals surface area contributed by atoms with Crippen molar-refractivity contribution in [3.8, 4) is 0 Å². The second-order valence-electron chi connectivity index (χ2n) is 4.52. The van der Waals surface area contributed by atoms with Crippen molar-refractivity contribution in [2.45, 2.75) is 24.2 Å². The third-order valence-electron chi connectivity index (χ3n) is 3.05. The van der Waals surface area contributed by atoms with Gasteiger partial charge in [0.15, 0.2) is 0 Å². The fourth-order valence-electron chi connectivity index (χ4n) is 1.77. The van der Waals surface area contributed by atoms with Gasteiger partial charge in [0.2, 0.25) is 10.0 Å². The van der Waals surface area contributed by atoms with E-state index in [0.717, 1.165) is 16.1 Å². The predicted molar refractivity (Wildman–Crippen MR) is 89.2 cm³/mol. The third-order valence-corrected chi connectivity index (χ3v) is 7.06. The Balaban J connectivity index is 2.31. The van der Waals surface area contributed by atoms with Crippen LogP contribution in [0.25, 0.3) is 0 Å². The van der Waals surface area contributed by atoms with Crippen LogP contribution >= 0.6 is 38.9 Å². The maximum atomic E-state index is 12.6. The normalized spacial score (nSPS) is 12.0. The van der Waals surface area contributed by atoms with Crippen molar-refractivity contribution in [1.29, 1.82) is 0 Å². The first-order valence-corrected chi connectivity index (χ1v) is 9.70. The highest BCUT2D eigenvalue weighted by Gasteiger charge is 2.24. The lowest BCUT2D eigenvalue weighted by Gasteiger charge is -2.18. The lowest BCUT2D eigenvalue weighted by atomic mass is 10.2. The van der Waals surface area contributed by atoms with Crippen LogP contribution < -0.4 is 0 Å². The number of benzene rings is 1. The van der Waals surface area contributed by atoms with Crippen LogP contribution in [0.4, 0.5) is 0 Å². The molecule has 2 rings (SSSR count). The summed E-state index contributed by atoms with van der Waals surface area (Å²) in [6, 6.07) is 5.02. The molecule has 1 aromatic heterocycles. The van der Waals surface area contributed by atoms with E-state index in [1.54, 1.807) is 30.8 Å². The molecule has 114 valence electrons. The number of nitrogens with zero attached hydrogens (tertiary/aromatic N) is 2. The average molecular weight is 410 g/mol. The van der Waals surface area contributed by atoms with Gasteiger partial charge in [-0.25, -0.2) is 13.4 Å². The summed E-state index contributed by atoms with van der Waals surface area (Å²) < 4.78 is 27.1. The summed E-state index contributed by atoms with van der Waals surface area (Å²) in [7, 11) is -2.00. The minimum Gasteiger partial charge on any atom is -0.250 e. The summed E-state index contributed by atoms with van der Waals surface area (Å²) in [4.78, 5) is 5.31. The maximum absolute atomic E-state index is 12.6. The molecule has 1 aromatic carbocycles. The summed E-state index contributed by atoms with van der Waals surface area (Å²) >= 11 is 10.5. The predicted octanol–water partition coefficient (Wildman–Crippen LogP) is 3.77. The fraction of sp³-hybridized carbons (Fsp3) is 0.308. The van der Waals surface area contributed by atoms with Crippen LogP contribution in [0.3, 0.4) is 0 Å². The van der Waals surface area contributed by atoms with Crippen LogP contribution in [0.5, 0.6) is 0 Å². The maximum Gasteiger partial charge on any atom is 0.244 e. The molecule has 0 spiro atoms. The van der Waals surface area contributed by atoms with Gasteiger partial charge in [0.1, 0.15) is 0 Å². The Kier molecular flexibility index (Phi) is 5.43. The molecule has 0 unspecified atom stereocenters. The highest BCUT2D eigenvalue weighted by molar-refractivity contribution is 9.10. The zero-order chi connectivity index (χ0) is 15.6. The van der Waals surface area contributed by atoms with Gasteiger partial charge in [-0.2, -0.15) is 4.31 Å². The highest BCUT2D eigenvalue weighted by atomic mass is 79.9. The van der Waals surface area contributed by atoms with Gasteiger partial charge in [-0.05, 0) is 40.5 Å². The van der Waals surface area contributed by atoms with Gasteiger partial charge in [0.05, 0.1) is 16.1 Å². The van der Waals surface area contributed by atoms with Gasteiger partial charge >= 0.3 is 0 Å². The van der Waals surface area contributed by atoms with Crippen LogP contribution in [-0.4, -0.2) is 24.8 Å². The molecule has 8 heteroatoms. The molecule has 0 radical (unpaired) electrons. The van der Waals surface area contributed by atoms with E-state index in [1.807, 2.05) is 6.92 Å². The second kappa shape index (κ2) is 6.75. The van der Waals surface area contributed by atoms with Crippen LogP contribution in [-0.2, 0) is 22.4 Å². The summed E-state index contributed by atoms with van der Waals surface area (Å²) in [6.07, 6.45) is 0. The van der Waals surface area contributed by atoms with Crippen LogP contribution in [0.2, 0.25) is 0 Å². The van der Waals surface area contributed by atoms with Gasteiger partial charge in [0, 0.05) is 28.8 Å². The molecule has 2 aromatic rings. The molecule has 0 amide bonds. The van der Waals surface area contributed by atoms with E-state index in [1.165, 1.54) is 15.6 Å². The summed E-state index contributed by atoms with van der Waals surface area (Å²) in [5.41, 5.74) is 3.44. The number of hydrogen-bond donors (Lipinski definition) is 0. The summed E-state index contributed by atoms with van der Waals surface area (Å²) in [5, 5.41) is 0. The van der Waals surface area contributed by atoms with E-state index < -0.39 is 10.0 Å². The average Bonchev–Trinajstić information content (AvgIpc) is 2.83. The first kappa shape index (κ1) is 16.9. The van der Waals surface area contributed by atoms with Gasteiger partial charge in [-0.15, -0.1) is 22.9 Å². The Bertz CT molecular complexity index is 746. The molecule has 0 saturated carbocycles. The lowest BCUT2D eigenvalue weighted by Crippen LogP contribution is -2.26. The molecular formula is C13H14BrClN2O2S2. The molecule has 0 bridgehead atoms. The topological polar surface area (TPSA) is 50.3 Å². The number of alkyl halides is 1. The van der Waals surface area contributed by atoms with E-state index in [2.05, 4.69) is 20.9 Å². The van der Waals surface area contributed by atoms with Gasteiger partial charge < -0.3 is 0 Å². The van der Waals surface area contributed by atoms with Crippen molar-refractivity contribution in [3.63, 3.8) is 0 Å². The molecule has 0 aliphatic rings. The van der Waals surface area contributed by atoms with Crippen LogP contribution in [0.15, 0.2) is 33.1 Å². The lowest BCUT2D eigenvalue weighted by molar-refractivity contribution is 0.468. The van der Waals surface area contributed by atoms with Gasteiger partial charge in [0.25, 0.3) is 0 Å². The Morgan fingerprint density at radius 2 is 2.14 bits per heavy atom. The van der Waals surface area contributed by atoms with E-state index in [4.69, 9.17) is 11.6 Å². The van der Waals surface area contributed by atoms with E-state index in [-0.39, 0.29) is 4.90 Å². The number of aromatic nitrogens is 1. The SMILES string of the molecule is Cc1ncsc1CN(C)S(=O)(=O)c1ccc(CCl)cc1Br. The van der Waals surface area contributed by atoms with E-state index in [0.29, 0.717) is 16.9 Å². The van der Waals surface area contributed by atoms with E-state index >= 15 is 0 Å². The minimum absolute atomic E-state index is 0.237. The van der Waals surface area contributed by atoms with Crippen LogP contribution in [0.1, 0.15) is 16.1 Å². The zero-order valence-electron chi connectivity index (χ0n) is 11.5. The molecule has 0 aliphatic carbocycles. The molecule has 1 heterocycles. The van der Waals surface area contributed by atoms with Crippen molar-refractivity contribution in [3.05, 3.63) is 44.3 Å². The molecule has 4 nitrogen and oxygen atoms in total. The number of sulfonamides is 1. The molecule has 0 fully saturated rings. The monoisotopic (exact) mass is 408 g/mol. The fourth-order valence-corrected chi connectivity index (χ4v) is 5.07. The molecule has 0 aliphatic heterocycles. The first-order valence-electron chi connectivity index (χ1n) is 6.06. The number of halogens is 2. The summed E-state index contributed by atoms with van der Waals surface area (Å²) in [5.74, 6) is 0.342. The quantitative estimate of drug-likeness (QED) is 0.706. The zero-order valence-corrected chi connectivity index (χ0v) is 15.5. The van der Waals surface area contributed by atoms with Gasteiger partial charge in [-0.1, -0.05) is 6.07 Å². The van der Waals surface area contributed by atoms with Gasteiger partial charge in [-0.3, -0.25) is 0 Å². The Hall–Kier alpha value is -0.470. The number of aryl methyl sites for hydroxylation is 1. The Morgan fingerprint density at radius 1 is 1.43 bits per heavy atom.